The Morgan fingerprint density at radius 2 is 2.38 bits per heavy atom. The van der Waals surface area contributed by atoms with Crippen LogP contribution in [0, 0.1) is 19.3 Å². The molecule has 2 nitrogen and oxygen atoms in total. The third kappa shape index (κ3) is 4.04. The number of terminal acetylenes is 1. The molecule has 0 bridgehead atoms. The Morgan fingerprint density at radius 3 is 3.00 bits per heavy atom. The molecule has 0 aliphatic carbocycles. The second-order valence-corrected chi connectivity index (χ2v) is 4.01. The molecule has 16 heavy (non-hydrogen) atoms. The summed E-state index contributed by atoms with van der Waals surface area (Å²) >= 11 is 0. The standard InChI is InChI=1S/C14H20N2/c1-4-6-7-13(15-9-5-2)14-11-12(3)8-10-16-14/h1,8,10-11,13,15H,5-7,9H2,2-3H3. The molecule has 0 amide bonds. The zero-order valence-corrected chi connectivity index (χ0v) is 10.2. The molecule has 2 heteroatoms. The van der Waals surface area contributed by atoms with Gasteiger partial charge in [-0.1, -0.05) is 6.92 Å². The van der Waals surface area contributed by atoms with Crippen LogP contribution in [0.15, 0.2) is 18.3 Å². The predicted octanol–water partition coefficient (Wildman–Crippen LogP) is 2.84. The van der Waals surface area contributed by atoms with Gasteiger partial charge in [-0.3, -0.25) is 4.98 Å². The molecular formula is C14H20N2. The van der Waals surface area contributed by atoms with Crippen molar-refractivity contribution in [2.24, 2.45) is 0 Å². The first-order valence-corrected chi connectivity index (χ1v) is 5.87. The lowest BCUT2D eigenvalue weighted by Gasteiger charge is -2.17. The van der Waals surface area contributed by atoms with Crippen LogP contribution in [0.3, 0.4) is 0 Å². The van der Waals surface area contributed by atoms with Gasteiger partial charge in [0.2, 0.25) is 0 Å². The van der Waals surface area contributed by atoms with E-state index < -0.39 is 0 Å². The second-order valence-electron chi connectivity index (χ2n) is 4.01. The zero-order valence-electron chi connectivity index (χ0n) is 10.2. The van der Waals surface area contributed by atoms with Crippen molar-refractivity contribution in [2.75, 3.05) is 6.54 Å². The van der Waals surface area contributed by atoms with Gasteiger partial charge in [0.15, 0.2) is 0 Å². The number of pyridine rings is 1. The molecule has 1 aromatic heterocycles. The molecule has 0 aromatic carbocycles. The van der Waals surface area contributed by atoms with E-state index in [-0.39, 0.29) is 6.04 Å². The highest BCUT2D eigenvalue weighted by Gasteiger charge is 2.10. The fraction of sp³-hybridized carbons (Fsp3) is 0.500. The number of aryl methyl sites for hydroxylation is 1. The molecule has 0 radical (unpaired) electrons. The van der Waals surface area contributed by atoms with Crippen molar-refractivity contribution in [1.29, 1.82) is 0 Å². The van der Waals surface area contributed by atoms with Crippen molar-refractivity contribution < 1.29 is 0 Å². The summed E-state index contributed by atoms with van der Waals surface area (Å²) in [6, 6.07) is 4.43. The monoisotopic (exact) mass is 216 g/mol. The van der Waals surface area contributed by atoms with E-state index in [4.69, 9.17) is 6.42 Å². The first-order valence-electron chi connectivity index (χ1n) is 5.87. The Bertz CT molecular complexity index is 352. The van der Waals surface area contributed by atoms with Crippen LogP contribution in [0.2, 0.25) is 0 Å². The molecule has 1 aromatic rings. The van der Waals surface area contributed by atoms with Crippen molar-refractivity contribution in [3.8, 4) is 12.3 Å². The van der Waals surface area contributed by atoms with Crippen molar-refractivity contribution in [2.45, 2.75) is 39.2 Å². The van der Waals surface area contributed by atoms with Crippen LogP contribution in [0.1, 0.15) is 43.5 Å². The van der Waals surface area contributed by atoms with Gasteiger partial charge in [-0.15, -0.1) is 12.3 Å². The minimum absolute atomic E-state index is 0.288. The van der Waals surface area contributed by atoms with Gasteiger partial charge in [0.05, 0.1) is 11.7 Å². The van der Waals surface area contributed by atoms with Gasteiger partial charge in [0.1, 0.15) is 0 Å². The third-order valence-electron chi connectivity index (χ3n) is 2.51. The van der Waals surface area contributed by atoms with Crippen LogP contribution in [0.5, 0.6) is 0 Å². The van der Waals surface area contributed by atoms with Crippen molar-refractivity contribution in [1.82, 2.24) is 10.3 Å². The van der Waals surface area contributed by atoms with Gasteiger partial charge < -0.3 is 5.32 Å². The summed E-state index contributed by atoms with van der Waals surface area (Å²) in [6.45, 7) is 5.25. The summed E-state index contributed by atoms with van der Waals surface area (Å²) in [7, 11) is 0. The fourth-order valence-electron chi connectivity index (χ4n) is 1.65. The maximum Gasteiger partial charge on any atom is 0.0576 e. The molecule has 86 valence electrons. The second kappa shape index (κ2) is 7.03. The quantitative estimate of drug-likeness (QED) is 0.740. The van der Waals surface area contributed by atoms with E-state index in [1.54, 1.807) is 0 Å². The van der Waals surface area contributed by atoms with Gasteiger partial charge >= 0.3 is 0 Å². The van der Waals surface area contributed by atoms with Crippen LogP contribution in [0.25, 0.3) is 0 Å². The molecule has 1 atom stereocenters. The maximum absolute atomic E-state index is 5.32. The van der Waals surface area contributed by atoms with Gasteiger partial charge in [-0.05, 0) is 44.0 Å². The summed E-state index contributed by atoms with van der Waals surface area (Å²) in [5, 5.41) is 3.49. The van der Waals surface area contributed by atoms with Gasteiger partial charge in [-0.25, -0.2) is 0 Å². The number of hydrogen-bond donors (Lipinski definition) is 1. The molecule has 1 rings (SSSR count). The normalized spacial score (nSPS) is 12.1. The van der Waals surface area contributed by atoms with Crippen LogP contribution in [0.4, 0.5) is 0 Å². The molecule has 0 saturated heterocycles. The minimum Gasteiger partial charge on any atom is -0.309 e. The number of hydrogen-bond acceptors (Lipinski definition) is 2. The minimum atomic E-state index is 0.288. The Hall–Kier alpha value is -1.33. The molecule has 0 spiro atoms. The Balaban J connectivity index is 2.70. The molecule has 1 N–H and O–H groups in total. The van der Waals surface area contributed by atoms with Crippen molar-refractivity contribution >= 4 is 0 Å². The molecule has 1 heterocycles. The van der Waals surface area contributed by atoms with Crippen LogP contribution in [-0.4, -0.2) is 11.5 Å². The Kier molecular flexibility index (Phi) is 5.60. The lowest BCUT2D eigenvalue weighted by atomic mass is 10.1. The number of rotatable bonds is 6. The van der Waals surface area contributed by atoms with E-state index >= 15 is 0 Å². The highest BCUT2D eigenvalue weighted by atomic mass is 14.9. The molecule has 0 aliphatic rings. The van der Waals surface area contributed by atoms with E-state index in [1.807, 2.05) is 12.3 Å². The summed E-state index contributed by atoms with van der Waals surface area (Å²) in [6.07, 6.45) is 10.0. The van der Waals surface area contributed by atoms with Crippen molar-refractivity contribution in [3.63, 3.8) is 0 Å². The van der Waals surface area contributed by atoms with Crippen LogP contribution < -0.4 is 5.32 Å². The Labute approximate surface area is 98.5 Å². The highest BCUT2D eigenvalue weighted by Crippen LogP contribution is 2.16. The topological polar surface area (TPSA) is 24.9 Å². The van der Waals surface area contributed by atoms with E-state index in [9.17, 15) is 0 Å². The van der Waals surface area contributed by atoms with Crippen LogP contribution in [-0.2, 0) is 0 Å². The average molecular weight is 216 g/mol. The van der Waals surface area contributed by atoms with Gasteiger partial charge in [0.25, 0.3) is 0 Å². The number of nitrogens with one attached hydrogen (secondary N) is 1. The van der Waals surface area contributed by atoms with Gasteiger partial charge in [0, 0.05) is 12.6 Å². The zero-order chi connectivity index (χ0) is 11.8. The van der Waals surface area contributed by atoms with E-state index in [2.05, 4.69) is 36.1 Å². The number of nitrogens with zero attached hydrogens (tertiary/aromatic N) is 1. The average Bonchev–Trinajstić information content (AvgIpc) is 2.29. The first kappa shape index (κ1) is 12.7. The molecular weight excluding hydrogens is 196 g/mol. The van der Waals surface area contributed by atoms with Crippen LogP contribution >= 0.6 is 0 Å². The van der Waals surface area contributed by atoms with Crippen molar-refractivity contribution in [3.05, 3.63) is 29.6 Å². The van der Waals surface area contributed by atoms with E-state index in [0.29, 0.717) is 0 Å². The number of aromatic nitrogens is 1. The smallest absolute Gasteiger partial charge is 0.0576 e. The van der Waals surface area contributed by atoms with E-state index in [1.165, 1.54) is 5.56 Å². The SMILES string of the molecule is C#CCCC(NCCC)c1cc(C)ccn1. The molecule has 1 unspecified atom stereocenters. The maximum atomic E-state index is 5.32. The summed E-state index contributed by atoms with van der Waals surface area (Å²) in [5.41, 5.74) is 2.35. The first-order chi connectivity index (χ1) is 7.77. The van der Waals surface area contributed by atoms with E-state index in [0.717, 1.165) is 31.5 Å². The van der Waals surface area contributed by atoms with Gasteiger partial charge in [-0.2, -0.15) is 0 Å². The fourth-order valence-corrected chi connectivity index (χ4v) is 1.65. The summed E-state index contributed by atoms with van der Waals surface area (Å²) < 4.78 is 0. The predicted molar refractivity (Wildman–Crippen MR) is 68.1 cm³/mol. The largest absolute Gasteiger partial charge is 0.309 e. The lowest BCUT2D eigenvalue weighted by Crippen LogP contribution is -2.23. The lowest BCUT2D eigenvalue weighted by molar-refractivity contribution is 0.494. The molecule has 0 aliphatic heterocycles. The molecule has 0 saturated carbocycles. The third-order valence-corrected chi connectivity index (χ3v) is 2.51. The Morgan fingerprint density at radius 1 is 1.56 bits per heavy atom. The summed E-state index contributed by atoms with van der Waals surface area (Å²) in [5.74, 6) is 2.69. The highest BCUT2D eigenvalue weighted by molar-refractivity contribution is 5.17. The molecule has 0 fully saturated rings. The summed E-state index contributed by atoms with van der Waals surface area (Å²) in [4.78, 5) is 4.41.